The van der Waals surface area contributed by atoms with E-state index in [1.54, 1.807) is 7.11 Å². The zero-order valence-corrected chi connectivity index (χ0v) is 12.2. The molecule has 1 aliphatic rings. The third-order valence-corrected chi connectivity index (χ3v) is 3.69. The SMILES string of the molecule is COCCN(CCO)CC(=O)NC1(C#N)CCCCC1. The molecule has 0 heterocycles. The van der Waals surface area contributed by atoms with Crippen molar-refractivity contribution in [1.29, 1.82) is 5.26 Å². The fraction of sp³-hybridized carbons (Fsp3) is 0.857. The first-order chi connectivity index (χ1) is 9.65. The summed E-state index contributed by atoms with van der Waals surface area (Å²) in [6, 6.07) is 2.27. The monoisotopic (exact) mass is 283 g/mol. The average molecular weight is 283 g/mol. The van der Waals surface area contributed by atoms with Crippen molar-refractivity contribution in [1.82, 2.24) is 10.2 Å². The van der Waals surface area contributed by atoms with E-state index in [1.165, 1.54) is 0 Å². The van der Waals surface area contributed by atoms with E-state index in [4.69, 9.17) is 9.84 Å². The van der Waals surface area contributed by atoms with Gasteiger partial charge in [-0.25, -0.2) is 0 Å². The Labute approximate surface area is 120 Å². The van der Waals surface area contributed by atoms with E-state index >= 15 is 0 Å². The number of carbonyl (C=O) groups excluding carboxylic acids is 1. The third-order valence-electron chi connectivity index (χ3n) is 3.69. The molecule has 1 aliphatic carbocycles. The number of nitrogens with zero attached hydrogens (tertiary/aromatic N) is 2. The molecule has 0 unspecified atom stereocenters. The molecule has 1 fully saturated rings. The Balaban J connectivity index is 2.48. The zero-order chi connectivity index (χ0) is 14.8. The molecule has 0 bridgehead atoms. The van der Waals surface area contributed by atoms with E-state index in [9.17, 15) is 10.1 Å². The lowest BCUT2D eigenvalue weighted by Crippen LogP contribution is -2.52. The Hall–Kier alpha value is -1.16. The van der Waals surface area contributed by atoms with Crippen LogP contribution < -0.4 is 5.32 Å². The Kier molecular flexibility index (Phi) is 7.52. The summed E-state index contributed by atoms with van der Waals surface area (Å²) in [5, 5.41) is 21.2. The van der Waals surface area contributed by atoms with E-state index in [0.29, 0.717) is 19.7 Å². The van der Waals surface area contributed by atoms with Gasteiger partial charge in [-0.05, 0) is 12.8 Å². The predicted molar refractivity (Wildman–Crippen MR) is 75.0 cm³/mol. The van der Waals surface area contributed by atoms with Gasteiger partial charge < -0.3 is 15.2 Å². The molecule has 6 heteroatoms. The van der Waals surface area contributed by atoms with Crippen molar-refractivity contribution in [3.05, 3.63) is 0 Å². The summed E-state index contributed by atoms with van der Waals surface area (Å²) >= 11 is 0. The highest BCUT2D eigenvalue weighted by Crippen LogP contribution is 2.27. The second-order valence-electron chi connectivity index (χ2n) is 5.30. The summed E-state index contributed by atoms with van der Waals surface area (Å²) in [5.74, 6) is -0.155. The highest BCUT2D eigenvalue weighted by Gasteiger charge is 2.33. The lowest BCUT2D eigenvalue weighted by atomic mass is 9.83. The van der Waals surface area contributed by atoms with Crippen molar-refractivity contribution in [3.63, 3.8) is 0 Å². The molecule has 0 atom stereocenters. The molecule has 20 heavy (non-hydrogen) atoms. The Morgan fingerprint density at radius 1 is 1.40 bits per heavy atom. The maximum Gasteiger partial charge on any atom is 0.235 e. The molecule has 2 N–H and O–H groups in total. The standard InChI is InChI=1S/C14H25N3O3/c1-20-10-8-17(7-9-18)11-13(19)16-14(12-15)5-3-2-4-6-14/h18H,2-11H2,1H3,(H,16,19). The van der Waals surface area contributed by atoms with Crippen LogP contribution in [-0.4, -0.2) is 61.4 Å². The first-order valence-electron chi connectivity index (χ1n) is 7.20. The van der Waals surface area contributed by atoms with E-state index in [-0.39, 0.29) is 19.1 Å². The number of nitrogens with one attached hydrogen (secondary N) is 1. The van der Waals surface area contributed by atoms with E-state index < -0.39 is 5.54 Å². The van der Waals surface area contributed by atoms with Crippen molar-refractivity contribution < 1.29 is 14.6 Å². The zero-order valence-electron chi connectivity index (χ0n) is 12.2. The second-order valence-corrected chi connectivity index (χ2v) is 5.30. The summed E-state index contributed by atoms with van der Waals surface area (Å²) in [6.07, 6.45) is 4.56. The minimum absolute atomic E-state index is 0.000384. The van der Waals surface area contributed by atoms with Gasteiger partial charge in [0.2, 0.25) is 5.91 Å². The molecule has 0 aromatic heterocycles. The van der Waals surface area contributed by atoms with Crippen molar-refractivity contribution in [2.75, 3.05) is 40.0 Å². The molecular weight excluding hydrogens is 258 g/mol. The third kappa shape index (κ3) is 5.45. The molecule has 1 amide bonds. The molecule has 0 aromatic rings. The van der Waals surface area contributed by atoms with Crippen LogP contribution in [0.25, 0.3) is 0 Å². The van der Waals surface area contributed by atoms with Gasteiger partial charge in [0, 0.05) is 20.2 Å². The highest BCUT2D eigenvalue weighted by molar-refractivity contribution is 5.79. The van der Waals surface area contributed by atoms with Crippen LogP contribution in [0.4, 0.5) is 0 Å². The first kappa shape index (κ1) is 16.9. The Bertz CT molecular complexity index is 335. The van der Waals surface area contributed by atoms with Crippen LogP contribution in [0.1, 0.15) is 32.1 Å². The van der Waals surface area contributed by atoms with Gasteiger partial charge in [-0.2, -0.15) is 5.26 Å². The molecule has 114 valence electrons. The minimum Gasteiger partial charge on any atom is -0.395 e. The maximum atomic E-state index is 12.1. The molecule has 0 spiro atoms. The highest BCUT2D eigenvalue weighted by atomic mass is 16.5. The van der Waals surface area contributed by atoms with Gasteiger partial charge in [0.25, 0.3) is 0 Å². The molecule has 0 radical (unpaired) electrons. The van der Waals surface area contributed by atoms with Crippen molar-refractivity contribution in [3.8, 4) is 6.07 Å². The Morgan fingerprint density at radius 2 is 2.10 bits per heavy atom. The molecule has 1 saturated carbocycles. The van der Waals surface area contributed by atoms with Crippen molar-refractivity contribution in [2.24, 2.45) is 0 Å². The number of nitriles is 1. The number of aliphatic hydroxyl groups excluding tert-OH is 1. The van der Waals surface area contributed by atoms with Crippen LogP contribution in [0.5, 0.6) is 0 Å². The molecular formula is C14H25N3O3. The van der Waals surface area contributed by atoms with Crippen LogP contribution in [0.3, 0.4) is 0 Å². The number of rotatable bonds is 8. The number of amides is 1. The van der Waals surface area contributed by atoms with Gasteiger partial charge in [0.05, 0.1) is 25.8 Å². The largest absolute Gasteiger partial charge is 0.395 e. The van der Waals surface area contributed by atoms with Gasteiger partial charge in [0.1, 0.15) is 5.54 Å². The number of ether oxygens (including phenoxy) is 1. The number of hydrogen-bond donors (Lipinski definition) is 2. The quantitative estimate of drug-likeness (QED) is 0.668. The van der Waals surface area contributed by atoms with E-state index in [1.807, 2.05) is 4.90 Å². The summed E-state index contributed by atoms with van der Waals surface area (Å²) in [4.78, 5) is 13.9. The van der Waals surface area contributed by atoms with Crippen LogP contribution in [-0.2, 0) is 9.53 Å². The Morgan fingerprint density at radius 3 is 2.65 bits per heavy atom. The fourth-order valence-corrected chi connectivity index (χ4v) is 2.56. The van der Waals surface area contributed by atoms with Crippen LogP contribution in [0, 0.1) is 11.3 Å². The van der Waals surface area contributed by atoms with Gasteiger partial charge in [-0.15, -0.1) is 0 Å². The topological polar surface area (TPSA) is 85.6 Å². The summed E-state index contributed by atoms with van der Waals surface area (Å²) < 4.78 is 4.98. The first-order valence-corrected chi connectivity index (χ1v) is 7.20. The van der Waals surface area contributed by atoms with E-state index in [0.717, 1.165) is 32.1 Å². The lowest BCUT2D eigenvalue weighted by Gasteiger charge is -2.32. The summed E-state index contributed by atoms with van der Waals surface area (Å²) in [6.45, 7) is 1.71. The predicted octanol–water partition coefficient (Wildman–Crippen LogP) is 0.270. The van der Waals surface area contributed by atoms with Crippen molar-refractivity contribution >= 4 is 5.91 Å². The normalized spacial score (nSPS) is 17.7. The number of carbonyl (C=O) groups is 1. The minimum atomic E-state index is -0.693. The molecule has 0 aromatic carbocycles. The number of methoxy groups -OCH3 is 1. The van der Waals surface area contributed by atoms with Crippen LogP contribution in [0.2, 0.25) is 0 Å². The van der Waals surface area contributed by atoms with Crippen LogP contribution in [0.15, 0.2) is 0 Å². The molecule has 6 nitrogen and oxygen atoms in total. The molecule has 1 rings (SSSR count). The molecule has 0 aliphatic heterocycles. The van der Waals surface area contributed by atoms with Gasteiger partial charge >= 0.3 is 0 Å². The summed E-state index contributed by atoms with van der Waals surface area (Å²) in [7, 11) is 1.60. The molecule has 0 saturated heterocycles. The van der Waals surface area contributed by atoms with Gasteiger partial charge in [-0.3, -0.25) is 9.69 Å². The van der Waals surface area contributed by atoms with Crippen molar-refractivity contribution in [2.45, 2.75) is 37.6 Å². The summed E-state index contributed by atoms with van der Waals surface area (Å²) in [5.41, 5.74) is -0.693. The lowest BCUT2D eigenvalue weighted by molar-refractivity contribution is -0.124. The number of aliphatic hydroxyl groups is 1. The second kappa shape index (κ2) is 8.90. The maximum absolute atomic E-state index is 12.1. The fourth-order valence-electron chi connectivity index (χ4n) is 2.56. The van der Waals surface area contributed by atoms with E-state index in [2.05, 4.69) is 11.4 Å². The average Bonchev–Trinajstić information content (AvgIpc) is 2.46. The smallest absolute Gasteiger partial charge is 0.235 e. The van der Waals surface area contributed by atoms with Crippen LogP contribution >= 0.6 is 0 Å². The van der Waals surface area contributed by atoms with Gasteiger partial charge in [-0.1, -0.05) is 19.3 Å². The number of hydrogen-bond acceptors (Lipinski definition) is 5. The van der Waals surface area contributed by atoms with Gasteiger partial charge in [0.15, 0.2) is 0 Å².